The lowest BCUT2D eigenvalue weighted by atomic mass is 10.1. The normalized spacial score (nSPS) is 11.0. The molecule has 2 N–H and O–H groups in total. The third-order valence-corrected chi connectivity index (χ3v) is 5.61. The van der Waals surface area contributed by atoms with Crippen LogP contribution in [0.3, 0.4) is 0 Å². The highest BCUT2D eigenvalue weighted by molar-refractivity contribution is 7.91. The molecule has 0 aliphatic carbocycles. The highest BCUT2D eigenvalue weighted by atomic mass is 32.2. The van der Waals surface area contributed by atoms with Crippen LogP contribution in [0.25, 0.3) is 0 Å². The number of benzene rings is 1. The zero-order valence-electron chi connectivity index (χ0n) is 11.5. The summed E-state index contributed by atoms with van der Waals surface area (Å²) in [5.41, 5.74) is 1.63. The van der Waals surface area contributed by atoms with Gasteiger partial charge >= 0.3 is 0 Å². The molecule has 0 spiro atoms. The SMILES string of the molecule is Cc1ccc(S(=O)(=O)NCc2ccc(C#CCO)cc2)s1. The molecule has 0 aliphatic heterocycles. The van der Waals surface area contributed by atoms with E-state index in [0.717, 1.165) is 16.0 Å². The van der Waals surface area contributed by atoms with E-state index in [9.17, 15) is 8.42 Å². The van der Waals surface area contributed by atoms with Crippen molar-refractivity contribution in [1.29, 1.82) is 0 Å². The van der Waals surface area contributed by atoms with Crippen LogP contribution in [0.2, 0.25) is 0 Å². The molecule has 0 unspecified atom stereocenters. The van der Waals surface area contributed by atoms with E-state index >= 15 is 0 Å². The Balaban J connectivity index is 2.03. The Morgan fingerprint density at radius 3 is 2.48 bits per heavy atom. The van der Waals surface area contributed by atoms with Crippen molar-refractivity contribution in [3.05, 3.63) is 52.4 Å². The van der Waals surface area contributed by atoms with Crippen molar-refractivity contribution in [2.24, 2.45) is 0 Å². The molecule has 0 saturated carbocycles. The van der Waals surface area contributed by atoms with Gasteiger partial charge in [0.25, 0.3) is 0 Å². The molecule has 6 heteroatoms. The van der Waals surface area contributed by atoms with Gasteiger partial charge in [-0.05, 0) is 36.8 Å². The minimum absolute atomic E-state index is 0.179. The van der Waals surface area contributed by atoms with Crippen molar-refractivity contribution in [3.8, 4) is 11.8 Å². The Kier molecular flexibility index (Phi) is 5.15. The maximum atomic E-state index is 12.1. The summed E-state index contributed by atoms with van der Waals surface area (Å²) in [5.74, 6) is 5.34. The number of aliphatic hydroxyl groups excluding tert-OH is 1. The first kappa shape index (κ1) is 15.7. The summed E-state index contributed by atoms with van der Waals surface area (Å²) in [6.07, 6.45) is 0. The van der Waals surface area contributed by atoms with Gasteiger partial charge in [-0.2, -0.15) is 0 Å². The van der Waals surface area contributed by atoms with E-state index < -0.39 is 10.0 Å². The van der Waals surface area contributed by atoms with E-state index in [-0.39, 0.29) is 13.2 Å². The quantitative estimate of drug-likeness (QED) is 0.845. The molecule has 0 atom stereocenters. The maximum Gasteiger partial charge on any atom is 0.250 e. The zero-order valence-corrected chi connectivity index (χ0v) is 13.1. The maximum absolute atomic E-state index is 12.1. The fourth-order valence-corrected chi connectivity index (χ4v) is 4.00. The fraction of sp³-hybridized carbons (Fsp3) is 0.200. The molecule has 110 valence electrons. The molecule has 1 heterocycles. The average molecular weight is 321 g/mol. The molecule has 1 aromatic heterocycles. The molecule has 21 heavy (non-hydrogen) atoms. The summed E-state index contributed by atoms with van der Waals surface area (Å²) in [6, 6.07) is 10.6. The van der Waals surface area contributed by atoms with Crippen LogP contribution in [0.4, 0.5) is 0 Å². The van der Waals surface area contributed by atoms with Crippen LogP contribution in [-0.2, 0) is 16.6 Å². The second-order valence-corrected chi connectivity index (χ2v) is 7.63. The van der Waals surface area contributed by atoms with Crippen LogP contribution >= 0.6 is 11.3 Å². The number of rotatable bonds is 4. The first-order valence-corrected chi connectivity index (χ1v) is 8.56. The second-order valence-electron chi connectivity index (χ2n) is 4.35. The van der Waals surface area contributed by atoms with Gasteiger partial charge in [-0.15, -0.1) is 11.3 Å². The summed E-state index contributed by atoms with van der Waals surface area (Å²) in [5, 5.41) is 8.62. The van der Waals surface area contributed by atoms with Crippen molar-refractivity contribution in [2.75, 3.05) is 6.61 Å². The molecule has 2 rings (SSSR count). The number of aliphatic hydroxyl groups is 1. The third-order valence-electron chi connectivity index (χ3n) is 2.71. The van der Waals surface area contributed by atoms with Gasteiger partial charge in [0, 0.05) is 17.0 Å². The Morgan fingerprint density at radius 2 is 1.90 bits per heavy atom. The third kappa shape index (κ3) is 4.41. The highest BCUT2D eigenvalue weighted by Gasteiger charge is 2.15. The number of sulfonamides is 1. The lowest BCUT2D eigenvalue weighted by molar-refractivity contribution is 0.350. The molecule has 0 bridgehead atoms. The van der Waals surface area contributed by atoms with Crippen LogP contribution in [0.15, 0.2) is 40.6 Å². The smallest absolute Gasteiger partial charge is 0.250 e. The van der Waals surface area contributed by atoms with Crippen LogP contribution in [-0.4, -0.2) is 20.1 Å². The molecular formula is C15H15NO3S2. The Bertz CT molecular complexity index is 765. The lowest BCUT2D eigenvalue weighted by Gasteiger charge is -2.05. The van der Waals surface area contributed by atoms with Crippen molar-refractivity contribution >= 4 is 21.4 Å². The molecule has 2 aromatic rings. The first-order chi connectivity index (χ1) is 10.0. The van der Waals surface area contributed by atoms with Crippen molar-refractivity contribution in [2.45, 2.75) is 17.7 Å². The molecule has 0 amide bonds. The predicted molar refractivity (Wildman–Crippen MR) is 83.5 cm³/mol. The fourth-order valence-electron chi connectivity index (χ4n) is 1.65. The molecule has 4 nitrogen and oxygen atoms in total. The van der Waals surface area contributed by atoms with E-state index in [1.54, 1.807) is 24.3 Å². The van der Waals surface area contributed by atoms with Gasteiger partial charge in [-0.1, -0.05) is 24.0 Å². The Morgan fingerprint density at radius 1 is 1.19 bits per heavy atom. The minimum Gasteiger partial charge on any atom is -0.384 e. The topological polar surface area (TPSA) is 66.4 Å². The van der Waals surface area contributed by atoms with E-state index in [0.29, 0.717) is 4.21 Å². The Labute approximate surface area is 128 Å². The van der Waals surface area contributed by atoms with Crippen LogP contribution in [0.1, 0.15) is 16.0 Å². The van der Waals surface area contributed by atoms with E-state index in [1.807, 2.05) is 19.1 Å². The van der Waals surface area contributed by atoms with Crippen molar-refractivity contribution < 1.29 is 13.5 Å². The lowest BCUT2D eigenvalue weighted by Crippen LogP contribution is -2.22. The van der Waals surface area contributed by atoms with Crippen molar-refractivity contribution in [3.63, 3.8) is 0 Å². The number of aryl methyl sites for hydroxylation is 1. The summed E-state index contributed by atoms with van der Waals surface area (Å²) in [6.45, 7) is 1.92. The van der Waals surface area contributed by atoms with Gasteiger partial charge in [-0.25, -0.2) is 13.1 Å². The Hall–Kier alpha value is -1.65. The van der Waals surface area contributed by atoms with E-state index in [1.165, 1.54) is 11.3 Å². The van der Waals surface area contributed by atoms with Gasteiger partial charge in [-0.3, -0.25) is 0 Å². The number of hydrogen-bond acceptors (Lipinski definition) is 4. The van der Waals surface area contributed by atoms with E-state index in [2.05, 4.69) is 16.6 Å². The van der Waals surface area contributed by atoms with Crippen molar-refractivity contribution in [1.82, 2.24) is 4.72 Å². The highest BCUT2D eigenvalue weighted by Crippen LogP contribution is 2.20. The minimum atomic E-state index is -3.45. The molecule has 0 radical (unpaired) electrons. The monoisotopic (exact) mass is 321 g/mol. The molecule has 1 aromatic carbocycles. The van der Waals surface area contributed by atoms with E-state index in [4.69, 9.17) is 5.11 Å². The van der Waals surface area contributed by atoms with Gasteiger partial charge in [0.05, 0.1) is 0 Å². The van der Waals surface area contributed by atoms with Gasteiger partial charge in [0.15, 0.2) is 0 Å². The average Bonchev–Trinajstić information content (AvgIpc) is 2.91. The number of hydrogen-bond donors (Lipinski definition) is 2. The molecular weight excluding hydrogens is 306 g/mol. The number of thiophene rings is 1. The first-order valence-electron chi connectivity index (χ1n) is 6.26. The van der Waals surface area contributed by atoms with Gasteiger partial charge < -0.3 is 5.11 Å². The van der Waals surface area contributed by atoms with Crippen LogP contribution < -0.4 is 4.72 Å². The largest absolute Gasteiger partial charge is 0.384 e. The molecule has 0 aliphatic rings. The predicted octanol–water partition coefficient (Wildman–Crippen LogP) is 1.88. The summed E-state index contributed by atoms with van der Waals surface area (Å²) in [7, 11) is -3.45. The standard InChI is InChI=1S/C15H15NO3S2/c1-12-4-9-15(20-12)21(18,19)16-11-14-7-5-13(6-8-14)3-2-10-17/h4-9,16-17H,10-11H2,1H3. The van der Waals surface area contributed by atoms with Crippen LogP contribution in [0, 0.1) is 18.8 Å². The molecule has 0 fully saturated rings. The van der Waals surface area contributed by atoms with Gasteiger partial charge in [0.2, 0.25) is 10.0 Å². The van der Waals surface area contributed by atoms with Gasteiger partial charge in [0.1, 0.15) is 10.8 Å². The second kappa shape index (κ2) is 6.87. The molecule has 0 saturated heterocycles. The van der Waals surface area contributed by atoms with Crippen LogP contribution in [0.5, 0.6) is 0 Å². The summed E-state index contributed by atoms with van der Waals surface area (Å²) in [4.78, 5) is 0.960. The summed E-state index contributed by atoms with van der Waals surface area (Å²) < 4.78 is 27.1. The number of nitrogens with one attached hydrogen (secondary N) is 1. The summed E-state index contributed by atoms with van der Waals surface area (Å²) >= 11 is 1.25. The zero-order chi connectivity index (χ0) is 15.3.